The number of nitrogens with one attached hydrogen (secondary N) is 2. The van der Waals surface area contributed by atoms with E-state index in [1.165, 1.54) is 38.5 Å². The molecule has 1 rings (SSSR count). The molecule has 0 unspecified atom stereocenters. The van der Waals surface area contributed by atoms with Gasteiger partial charge >= 0.3 is 0 Å². The molecule has 3 nitrogen and oxygen atoms in total. The second-order valence-electron chi connectivity index (χ2n) is 4.98. The monoisotopic (exact) mass is 226 g/mol. The highest BCUT2D eigenvalue weighted by atomic mass is 16.1. The number of rotatable bonds is 6. The number of likely N-dealkylation sites (N-methyl/N-ethyl adjacent to an activating group) is 1. The molecule has 0 heterocycles. The number of amides is 1. The van der Waals surface area contributed by atoms with Crippen molar-refractivity contribution in [3.63, 3.8) is 0 Å². The Morgan fingerprint density at radius 1 is 1.19 bits per heavy atom. The van der Waals surface area contributed by atoms with Crippen LogP contribution in [0.2, 0.25) is 0 Å². The third-order valence-electron chi connectivity index (χ3n) is 3.66. The zero-order valence-corrected chi connectivity index (χ0v) is 10.7. The fourth-order valence-electron chi connectivity index (χ4n) is 2.61. The van der Waals surface area contributed by atoms with E-state index in [0.717, 1.165) is 18.4 Å². The number of carbonyl (C=O) groups excluding carboxylic acids is 1. The van der Waals surface area contributed by atoms with E-state index in [0.29, 0.717) is 6.54 Å². The Kier molecular flexibility index (Phi) is 6.46. The van der Waals surface area contributed by atoms with E-state index in [9.17, 15) is 4.79 Å². The molecular formula is C13H26N2O. The van der Waals surface area contributed by atoms with Gasteiger partial charge in [-0.25, -0.2) is 0 Å². The van der Waals surface area contributed by atoms with Crippen LogP contribution in [0.15, 0.2) is 0 Å². The lowest BCUT2D eigenvalue weighted by Gasteiger charge is -2.28. The van der Waals surface area contributed by atoms with Crippen molar-refractivity contribution in [3.05, 3.63) is 0 Å². The summed E-state index contributed by atoms with van der Waals surface area (Å²) >= 11 is 0. The van der Waals surface area contributed by atoms with Crippen molar-refractivity contribution >= 4 is 5.91 Å². The van der Waals surface area contributed by atoms with Crippen LogP contribution < -0.4 is 10.6 Å². The van der Waals surface area contributed by atoms with Crippen LogP contribution in [0.4, 0.5) is 0 Å². The molecule has 1 aliphatic rings. The van der Waals surface area contributed by atoms with Gasteiger partial charge in [0.25, 0.3) is 0 Å². The minimum atomic E-state index is 0.0830. The molecule has 94 valence electrons. The molecule has 0 saturated heterocycles. The molecule has 0 atom stereocenters. The zero-order chi connectivity index (χ0) is 11.8. The van der Waals surface area contributed by atoms with Crippen LogP contribution >= 0.6 is 0 Å². The van der Waals surface area contributed by atoms with Crippen molar-refractivity contribution in [2.75, 3.05) is 20.1 Å². The van der Waals surface area contributed by atoms with Crippen molar-refractivity contribution < 1.29 is 4.79 Å². The zero-order valence-electron chi connectivity index (χ0n) is 10.7. The molecule has 0 aromatic rings. The minimum absolute atomic E-state index is 0.0830. The van der Waals surface area contributed by atoms with Crippen molar-refractivity contribution in [1.29, 1.82) is 0 Å². The maximum absolute atomic E-state index is 11.0. The molecule has 2 N–H and O–H groups in total. The lowest BCUT2D eigenvalue weighted by Crippen LogP contribution is -2.35. The Morgan fingerprint density at radius 2 is 1.81 bits per heavy atom. The summed E-state index contributed by atoms with van der Waals surface area (Å²) in [6.07, 6.45) is 8.18. The first kappa shape index (κ1) is 13.5. The van der Waals surface area contributed by atoms with Gasteiger partial charge in [-0.05, 0) is 31.2 Å². The number of hydrogen-bond donors (Lipinski definition) is 2. The SMILES string of the molecule is CCCC1CCC(CNCC(=O)NC)CC1. The molecule has 1 fully saturated rings. The van der Waals surface area contributed by atoms with Gasteiger partial charge in [0.15, 0.2) is 0 Å². The van der Waals surface area contributed by atoms with Gasteiger partial charge in [0, 0.05) is 7.05 Å². The minimum Gasteiger partial charge on any atom is -0.358 e. The number of hydrogen-bond acceptors (Lipinski definition) is 2. The van der Waals surface area contributed by atoms with Crippen molar-refractivity contribution in [3.8, 4) is 0 Å². The largest absolute Gasteiger partial charge is 0.358 e. The molecule has 1 aliphatic carbocycles. The van der Waals surface area contributed by atoms with E-state index in [2.05, 4.69) is 17.6 Å². The van der Waals surface area contributed by atoms with Gasteiger partial charge in [-0.15, -0.1) is 0 Å². The summed E-state index contributed by atoms with van der Waals surface area (Å²) in [5.41, 5.74) is 0. The van der Waals surface area contributed by atoms with Crippen molar-refractivity contribution in [2.24, 2.45) is 11.8 Å². The summed E-state index contributed by atoms with van der Waals surface area (Å²) < 4.78 is 0. The highest BCUT2D eigenvalue weighted by molar-refractivity contribution is 5.77. The average molecular weight is 226 g/mol. The van der Waals surface area contributed by atoms with E-state index < -0.39 is 0 Å². The number of carbonyl (C=O) groups is 1. The molecule has 0 spiro atoms. The maximum Gasteiger partial charge on any atom is 0.233 e. The van der Waals surface area contributed by atoms with Crippen LogP contribution in [0.25, 0.3) is 0 Å². The summed E-state index contributed by atoms with van der Waals surface area (Å²) in [5, 5.41) is 5.87. The molecule has 0 aliphatic heterocycles. The maximum atomic E-state index is 11.0. The highest BCUT2D eigenvalue weighted by Crippen LogP contribution is 2.30. The van der Waals surface area contributed by atoms with Gasteiger partial charge in [0.05, 0.1) is 6.54 Å². The predicted octanol–water partition coefficient (Wildman–Crippen LogP) is 1.93. The Morgan fingerprint density at radius 3 is 2.38 bits per heavy atom. The average Bonchev–Trinajstić information content (AvgIpc) is 2.31. The van der Waals surface area contributed by atoms with E-state index in [1.807, 2.05) is 0 Å². The summed E-state index contributed by atoms with van der Waals surface area (Å²) in [6, 6.07) is 0. The Hall–Kier alpha value is -0.570. The summed E-state index contributed by atoms with van der Waals surface area (Å²) in [5.74, 6) is 1.85. The standard InChI is InChI=1S/C13H26N2O/c1-3-4-11-5-7-12(8-6-11)9-15-10-13(16)14-2/h11-12,15H,3-10H2,1-2H3,(H,14,16). The Labute approximate surface area is 99.4 Å². The molecule has 1 saturated carbocycles. The molecule has 1 amide bonds. The first-order chi connectivity index (χ1) is 7.76. The summed E-state index contributed by atoms with van der Waals surface area (Å²) in [7, 11) is 1.68. The van der Waals surface area contributed by atoms with Crippen LogP contribution in [0.3, 0.4) is 0 Å². The van der Waals surface area contributed by atoms with E-state index in [-0.39, 0.29) is 5.91 Å². The third kappa shape index (κ3) is 4.97. The second kappa shape index (κ2) is 7.66. The summed E-state index contributed by atoms with van der Waals surface area (Å²) in [6.45, 7) is 3.74. The molecule has 3 heteroatoms. The van der Waals surface area contributed by atoms with Crippen LogP contribution in [0.1, 0.15) is 45.4 Å². The summed E-state index contributed by atoms with van der Waals surface area (Å²) in [4.78, 5) is 11.0. The molecule has 0 aromatic heterocycles. The van der Waals surface area contributed by atoms with Crippen LogP contribution in [0.5, 0.6) is 0 Å². The normalized spacial score (nSPS) is 25.4. The third-order valence-corrected chi connectivity index (χ3v) is 3.66. The van der Waals surface area contributed by atoms with Gasteiger partial charge in [-0.1, -0.05) is 32.6 Å². The van der Waals surface area contributed by atoms with Gasteiger partial charge in [0.2, 0.25) is 5.91 Å². The molecule has 0 radical (unpaired) electrons. The first-order valence-electron chi connectivity index (χ1n) is 6.67. The fraction of sp³-hybridized carbons (Fsp3) is 0.923. The van der Waals surface area contributed by atoms with Gasteiger partial charge in [-0.3, -0.25) is 4.79 Å². The van der Waals surface area contributed by atoms with Crippen molar-refractivity contribution in [2.45, 2.75) is 45.4 Å². The van der Waals surface area contributed by atoms with E-state index in [4.69, 9.17) is 0 Å². The van der Waals surface area contributed by atoms with Gasteiger partial charge < -0.3 is 10.6 Å². The van der Waals surface area contributed by atoms with Crippen LogP contribution in [0, 0.1) is 11.8 Å². The Bertz CT molecular complexity index is 198. The fourth-order valence-corrected chi connectivity index (χ4v) is 2.61. The molecule has 0 aromatic carbocycles. The smallest absolute Gasteiger partial charge is 0.233 e. The predicted molar refractivity (Wildman–Crippen MR) is 67.3 cm³/mol. The lowest BCUT2D eigenvalue weighted by molar-refractivity contribution is -0.119. The topological polar surface area (TPSA) is 41.1 Å². The van der Waals surface area contributed by atoms with Crippen LogP contribution in [-0.2, 0) is 4.79 Å². The second-order valence-corrected chi connectivity index (χ2v) is 4.98. The van der Waals surface area contributed by atoms with Gasteiger partial charge in [-0.2, -0.15) is 0 Å². The van der Waals surface area contributed by atoms with E-state index in [1.54, 1.807) is 7.05 Å². The Balaban J connectivity index is 2.06. The van der Waals surface area contributed by atoms with E-state index >= 15 is 0 Å². The molecule has 16 heavy (non-hydrogen) atoms. The molecular weight excluding hydrogens is 200 g/mol. The molecule has 0 bridgehead atoms. The highest BCUT2D eigenvalue weighted by Gasteiger charge is 2.20. The quantitative estimate of drug-likeness (QED) is 0.726. The van der Waals surface area contributed by atoms with Gasteiger partial charge in [0.1, 0.15) is 0 Å². The lowest BCUT2D eigenvalue weighted by atomic mass is 9.80. The van der Waals surface area contributed by atoms with Crippen LogP contribution in [-0.4, -0.2) is 26.0 Å². The first-order valence-corrected chi connectivity index (χ1v) is 6.67. The van der Waals surface area contributed by atoms with Crippen molar-refractivity contribution in [1.82, 2.24) is 10.6 Å².